The molecular formula is C24H20Br2N2O4. The Hall–Kier alpha value is -2.97. The normalized spacial score (nSPS) is 11.8. The molecule has 0 saturated carbocycles. The topological polar surface area (TPSA) is 77.0 Å². The summed E-state index contributed by atoms with van der Waals surface area (Å²) in [6.07, 6.45) is 0.655. The Morgan fingerprint density at radius 1 is 1.00 bits per heavy atom. The molecule has 0 aliphatic carbocycles. The van der Waals surface area contributed by atoms with Gasteiger partial charge in [0.15, 0.2) is 6.10 Å². The van der Waals surface area contributed by atoms with Gasteiger partial charge in [0, 0.05) is 14.5 Å². The average molecular weight is 560 g/mol. The lowest BCUT2D eigenvalue weighted by Crippen LogP contribution is -2.33. The molecule has 1 amide bonds. The number of hydrogen-bond donors (Lipinski definition) is 1. The summed E-state index contributed by atoms with van der Waals surface area (Å²) in [5, 5.41) is 3.99. The molecule has 0 bridgehead atoms. The van der Waals surface area contributed by atoms with Gasteiger partial charge in [-0.25, -0.2) is 10.2 Å². The molecule has 32 heavy (non-hydrogen) atoms. The quantitative estimate of drug-likeness (QED) is 0.175. The van der Waals surface area contributed by atoms with Gasteiger partial charge in [-0.3, -0.25) is 4.79 Å². The van der Waals surface area contributed by atoms with Gasteiger partial charge in [0.1, 0.15) is 11.5 Å². The van der Waals surface area contributed by atoms with Crippen molar-refractivity contribution in [3.63, 3.8) is 0 Å². The number of esters is 1. The molecule has 164 valence electrons. The first-order valence-electron chi connectivity index (χ1n) is 9.65. The van der Waals surface area contributed by atoms with Crippen LogP contribution in [0.5, 0.6) is 11.5 Å². The van der Waals surface area contributed by atoms with Crippen molar-refractivity contribution in [2.24, 2.45) is 5.10 Å². The molecule has 0 fully saturated rings. The van der Waals surface area contributed by atoms with Crippen LogP contribution >= 0.6 is 31.9 Å². The predicted molar refractivity (Wildman–Crippen MR) is 130 cm³/mol. The van der Waals surface area contributed by atoms with Gasteiger partial charge in [0.05, 0.1) is 11.8 Å². The molecule has 1 atom stereocenters. The van der Waals surface area contributed by atoms with Crippen LogP contribution in [0.4, 0.5) is 0 Å². The number of rotatable bonds is 7. The molecule has 0 aliphatic heterocycles. The maximum absolute atomic E-state index is 12.5. The predicted octanol–water partition coefficient (Wildman–Crippen LogP) is 5.66. The minimum absolute atomic E-state index is 0.317. The summed E-state index contributed by atoms with van der Waals surface area (Å²) < 4.78 is 12.8. The number of nitrogens with zero attached hydrogens (tertiary/aromatic N) is 1. The van der Waals surface area contributed by atoms with Crippen molar-refractivity contribution in [3.8, 4) is 11.5 Å². The summed E-state index contributed by atoms with van der Waals surface area (Å²) in [5.41, 5.74) is 4.36. The highest BCUT2D eigenvalue weighted by Gasteiger charge is 2.15. The SMILES string of the molecule is Cc1cccc(C(=O)Oc2ccc(Br)cc2/C=N/NC(=O)C(C)Oc2ccc(Br)cc2)c1. The third-order valence-corrected chi connectivity index (χ3v) is 5.32. The second kappa shape index (κ2) is 11.1. The lowest BCUT2D eigenvalue weighted by atomic mass is 10.1. The largest absolute Gasteiger partial charge is 0.481 e. The van der Waals surface area contributed by atoms with Crippen LogP contribution < -0.4 is 14.9 Å². The number of nitrogens with one attached hydrogen (secondary N) is 1. The highest BCUT2D eigenvalue weighted by Crippen LogP contribution is 2.23. The fourth-order valence-electron chi connectivity index (χ4n) is 2.67. The molecule has 8 heteroatoms. The van der Waals surface area contributed by atoms with E-state index in [1.165, 1.54) is 6.21 Å². The fourth-order valence-corrected chi connectivity index (χ4v) is 3.31. The minimum Gasteiger partial charge on any atom is -0.481 e. The lowest BCUT2D eigenvalue weighted by Gasteiger charge is -2.13. The Balaban J connectivity index is 1.65. The highest BCUT2D eigenvalue weighted by molar-refractivity contribution is 9.10. The molecule has 0 radical (unpaired) electrons. The van der Waals surface area contributed by atoms with Crippen LogP contribution in [0.3, 0.4) is 0 Å². The van der Waals surface area contributed by atoms with Gasteiger partial charge in [-0.1, -0.05) is 49.6 Å². The van der Waals surface area contributed by atoms with Crippen LogP contribution in [0.25, 0.3) is 0 Å². The van der Waals surface area contributed by atoms with Crippen LogP contribution in [-0.4, -0.2) is 24.2 Å². The molecule has 0 spiro atoms. The van der Waals surface area contributed by atoms with Crippen molar-refractivity contribution in [2.45, 2.75) is 20.0 Å². The molecule has 3 aromatic carbocycles. The third kappa shape index (κ3) is 6.77. The summed E-state index contributed by atoms with van der Waals surface area (Å²) in [7, 11) is 0. The molecule has 0 heterocycles. The number of hydrazone groups is 1. The molecule has 0 aromatic heterocycles. The van der Waals surface area contributed by atoms with E-state index in [-0.39, 0.29) is 0 Å². The number of benzene rings is 3. The van der Waals surface area contributed by atoms with E-state index in [1.54, 1.807) is 55.5 Å². The zero-order valence-corrected chi connectivity index (χ0v) is 20.5. The van der Waals surface area contributed by atoms with Gasteiger partial charge in [-0.15, -0.1) is 0 Å². The summed E-state index contributed by atoms with van der Waals surface area (Å²) in [6, 6.07) is 19.4. The first kappa shape index (κ1) is 23.7. The first-order chi connectivity index (χ1) is 15.3. The monoisotopic (exact) mass is 558 g/mol. The van der Waals surface area contributed by atoms with Crippen molar-refractivity contribution in [1.29, 1.82) is 0 Å². The molecule has 0 saturated heterocycles. The Morgan fingerprint density at radius 2 is 1.72 bits per heavy atom. The van der Waals surface area contributed by atoms with Crippen molar-refractivity contribution in [2.75, 3.05) is 0 Å². The maximum atomic E-state index is 12.5. The van der Waals surface area contributed by atoms with Gasteiger partial charge in [-0.2, -0.15) is 5.10 Å². The van der Waals surface area contributed by atoms with Gasteiger partial charge in [-0.05, 0) is 68.4 Å². The van der Waals surface area contributed by atoms with Crippen LogP contribution in [-0.2, 0) is 4.79 Å². The van der Waals surface area contributed by atoms with Crippen molar-refractivity contribution >= 4 is 50.0 Å². The highest BCUT2D eigenvalue weighted by atomic mass is 79.9. The number of hydrogen-bond acceptors (Lipinski definition) is 5. The number of carbonyl (C=O) groups is 2. The Labute approximate surface area is 202 Å². The van der Waals surface area contributed by atoms with Crippen molar-refractivity contribution in [3.05, 3.63) is 92.4 Å². The maximum Gasteiger partial charge on any atom is 0.343 e. The van der Waals surface area contributed by atoms with Crippen molar-refractivity contribution in [1.82, 2.24) is 5.43 Å². The Morgan fingerprint density at radius 3 is 2.44 bits per heavy atom. The zero-order valence-electron chi connectivity index (χ0n) is 17.3. The smallest absolute Gasteiger partial charge is 0.343 e. The van der Waals surface area contributed by atoms with E-state index in [4.69, 9.17) is 9.47 Å². The molecule has 1 N–H and O–H groups in total. The van der Waals surface area contributed by atoms with Gasteiger partial charge in [0.25, 0.3) is 5.91 Å². The number of aryl methyl sites for hydroxylation is 1. The van der Waals surface area contributed by atoms with Crippen LogP contribution in [0.2, 0.25) is 0 Å². The lowest BCUT2D eigenvalue weighted by molar-refractivity contribution is -0.127. The molecule has 3 aromatic rings. The summed E-state index contributed by atoms with van der Waals surface area (Å²) in [4.78, 5) is 24.8. The number of carbonyl (C=O) groups excluding carboxylic acids is 2. The third-order valence-electron chi connectivity index (χ3n) is 4.30. The number of amides is 1. The number of ether oxygens (including phenoxy) is 2. The van der Waals surface area contributed by atoms with E-state index in [0.29, 0.717) is 22.6 Å². The van der Waals surface area contributed by atoms with Crippen LogP contribution in [0.1, 0.15) is 28.4 Å². The second-order valence-corrected chi connectivity index (χ2v) is 8.72. The Bertz CT molecular complexity index is 1150. The van der Waals surface area contributed by atoms with Gasteiger partial charge in [0.2, 0.25) is 0 Å². The van der Waals surface area contributed by atoms with E-state index >= 15 is 0 Å². The summed E-state index contributed by atoms with van der Waals surface area (Å²) >= 11 is 6.74. The molecule has 0 aliphatic rings. The number of halogens is 2. The van der Waals surface area contributed by atoms with E-state index in [2.05, 4.69) is 42.4 Å². The van der Waals surface area contributed by atoms with Gasteiger partial charge >= 0.3 is 5.97 Å². The molecule has 3 rings (SSSR count). The molecular weight excluding hydrogens is 540 g/mol. The average Bonchev–Trinajstić information content (AvgIpc) is 2.77. The Kier molecular flexibility index (Phi) is 8.19. The summed E-state index contributed by atoms with van der Waals surface area (Å²) in [5.74, 6) is -0.0160. The van der Waals surface area contributed by atoms with E-state index in [0.717, 1.165) is 14.5 Å². The minimum atomic E-state index is -0.755. The second-order valence-electron chi connectivity index (χ2n) is 6.89. The molecule has 1 unspecified atom stereocenters. The van der Waals surface area contributed by atoms with Crippen molar-refractivity contribution < 1.29 is 19.1 Å². The fraction of sp³-hybridized carbons (Fsp3) is 0.125. The van der Waals surface area contributed by atoms with Gasteiger partial charge < -0.3 is 9.47 Å². The van der Waals surface area contributed by atoms with Crippen LogP contribution in [0, 0.1) is 6.92 Å². The van der Waals surface area contributed by atoms with Crippen LogP contribution in [0.15, 0.2) is 80.8 Å². The standard InChI is InChI=1S/C24H20Br2N2O4/c1-15-4-3-5-17(12-15)24(30)32-22-11-8-20(26)13-18(22)14-27-28-23(29)16(2)31-21-9-6-19(25)7-10-21/h3-14,16H,1-2H3,(H,28,29)/b27-14+. The van der Waals surface area contributed by atoms with E-state index in [9.17, 15) is 9.59 Å². The van der Waals surface area contributed by atoms with E-state index < -0.39 is 18.0 Å². The van der Waals surface area contributed by atoms with E-state index in [1.807, 2.05) is 25.1 Å². The zero-order chi connectivity index (χ0) is 23.1. The summed E-state index contributed by atoms with van der Waals surface area (Å²) in [6.45, 7) is 3.53. The first-order valence-corrected chi connectivity index (χ1v) is 11.2. The molecule has 6 nitrogen and oxygen atoms in total.